The minimum Gasteiger partial charge on any atom is -0.352 e. The molecule has 0 bridgehead atoms. The first-order valence-corrected chi connectivity index (χ1v) is 15.9. The third kappa shape index (κ3) is 7.68. The Labute approximate surface area is 248 Å². The topological polar surface area (TPSA) is 86.8 Å². The van der Waals surface area contributed by atoms with Gasteiger partial charge in [-0.05, 0) is 75.1 Å². The molecule has 1 unspecified atom stereocenters. The first-order valence-electron chi connectivity index (χ1n) is 14.1. The van der Waals surface area contributed by atoms with E-state index in [4.69, 9.17) is 11.6 Å². The fourth-order valence-corrected chi connectivity index (χ4v) is 6.81. The smallest absolute Gasteiger partial charge is 0.264 e. The van der Waals surface area contributed by atoms with Crippen LogP contribution < -0.4 is 9.62 Å². The first-order chi connectivity index (χ1) is 19.6. The van der Waals surface area contributed by atoms with Crippen LogP contribution in [0.2, 0.25) is 5.02 Å². The number of carbonyl (C=O) groups is 2. The summed E-state index contributed by atoms with van der Waals surface area (Å²) >= 11 is 6.02. The Bertz CT molecular complexity index is 1450. The lowest BCUT2D eigenvalue weighted by Crippen LogP contribution is -2.53. The molecule has 0 saturated heterocycles. The van der Waals surface area contributed by atoms with Gasteiger partial charge in [-0.2, -0.15) is 0 Å². The molecule has 0 heterocycles. The minimum absolute atomic E-state index is 0.0199. The first kappa shape index (κ1) is 30.6. The van der Waals surface area contributed by atoms with Crippen molar-refractivity contribution in [1.29, 1.82) is 0 Å². The molecule has 1 aliphatic rings. The third-order valence-corrected chi connectivity index (χ3v) is 9.57. The zero-order valence-corrected chi connectivity index (χ0v) is 25.4. The Balaban J connectivity index is 1.71. The molecule has 1 aliphatic carbocycles. The molecule has 0 aliphatic heterocycles. The molecule has 2 amide bonds. The van der Waals surface area contributed by atoms with Crippen LogP contribution in [0.4, 0.5) is 5.69 Å². The summed E-state index contributed by atoms with van der Waals surface area (Å²) in [5, 5.41) is 3.55. The van der Waals surface area contributed by atoms with Gasteiger partial charge in [0.25, 0.3) is 10.0 Å². The van der Waals surface area contributed by atoms with Gasteiger partial charge in [0.15, 0.2) is 0 Å². The van der Waals surface area contributed by atoms with Crippen LogP contribution >= 0.6 is 11.6 Å². The summed E-state index contributed by atoms with van der Waals surface area (Å²) in [5.41, 5.74) is 3.22. The molecule has 41 heavy (non-hydrogen) atoms. The van der Waals surface area contributed by atoms with Crippen LogP contribution in [-0.4, -0.2) is 43.8 Å². The van der Waals surface area contributed by atoms with Crippen molar-refractivity contribution in [2.24, 2.45) is 0 Å². The summed E-state index contributed by atoms with van der Waals surface area (Å²) in [5.74, 6) is -0.666. The number of benzene rings is 3. The summed E-state index contributed by atoms with van der Waals surface area (Å²) < 4.78 is 29.0. The summed E-state index contributed by atoms with van der Waals surface area (Å²) in [7, 11) is -4.14. The van der Waals surface area contributed by atoms with Crippen LogP contribution in [0.15, 0.2) is 77.7 Å². The zero-order valence-electron chi connectivity index (χ0n) is 23.8. The highest BCUT2D eigenvalue weighted by atomic mass is 35.5. The average molecular weight is 596 g/mol. The fourth-order valence-electron chi connectivity index (χ4n) is 5.27. The molecule has 9 heteroatoms. The Morgan fingerprint density at radius 3 is 2.22 bits per heavy atom. The van der Waals surface area contributed by atoms with Gasteiger partial charge in [-0.25, -0.2) is 8.42 Å². The highest BCUT2D eigenvalue weighted by molar-refractivity contribution is 7.92. The summed E-state index contributed by atoms with van der Waals surface area (Å²) in [6.07, 6.45) is 4.39. The van der Waals surface area contributed by atoms with E-state index in [2.05, 4.69) is 5.32 Å². The van der Waals surface area contributed by atoms with Gasteiger partial charge >= 0.3 is 0 Å². The number of hydrogen-bond donors (Lipinski definition) is 1. The maximum absolute atomic E-state index is 14.2. The maximum Gasteiger partial charge on any atom is 0.264 e. The molecule has 0 radical (unpaired) electrons. The second-order valence-corrected chi connectivity index (χ2v) is 13.0. The van der Waals surface area contributed by atoms with Crippen molar-refractivity contribution in [1.82, 2.24) is 10.2 Å². The third-order valence-electron chi connectivity index (χ3n) is 7.53. The Morgan fingerprint density at radius 2 is 1.61 bits per heavy atom. The van der Waals surface area contributed by atoms with E-state index < -0.39 is 28.5 Å². The van der Waals surface area contributed by atoms with Gasteiger partial charge in [0.2, 0.25) is 11.8 Å². The molecule has 0 spiro atoms. The van der Waals surface area contributed by atoms with E-state index in [-0.39, 0.29) is 23.4 Å². The van der Waals surface area contributed by atoms with Crippen LogP contribution in [0, 0.1) is 13.8 Å². The molecule has 7 nitrogen and oxygen atoms in total. The molecular weight excluding hydrogens is 558 g/mol. The maximum atomic E-state index is 14.2. The number of nitrogens with zero attached hydrogens (tertiary/aromatic N) is 2. The fraction of sp³-hybridized carbons (Fsp3) is 0.375. The summed E-state index contributed by atoms with van der Waals surface area (Å²) in [4.78, 5) is 29.2. The van der Waals surface area contributed by atoms with Crippen LogP contribution in [0.25, 0.3) is 0 Å². The molecular formula is C32H38ClN3O4S. The highest BCUT2D eigenvalue weighted by Crippen LogP contribution is 2.26. The Kier molecular flexibility index (Phi) is 10.1. The predicted octanol–water partition coefficient (Wildman–Crippen LogP) is 6.02. The summed E-state index contributed by atoms with van der Waals surface area (Å²) in [6, 6.07) is 20.0. The number of sulfonamides is 1. The van der Waals surface area contributed by atoms with Crippen LogP contribution in [0.3, 0.4) is 0 Å². The van der Waals surface area contributed by atoms with E-state index in [1.165, 1.54) is 29.2 Å². The van der Waals surface area contributed by atoms with Gasteiger partial charge in [-0.1, -0.05) is 78.9 Å². The predicted molar refractivity (Wildman–Crippen MR) is 163 cm³/mol. The number of hydrogen-bond acceptors (Lipinski definition) is 4. The quantitative estimate of drug-likeness (QED) is 0.294. The lowest BCUT2D eigenvalue weighted by molar-refractivity contribution is -0.140. The second-order valence-electron chi connectivity index (χ2n) is 10.7. The average Bonchev–Trinajstić information content (AvgIpc) is 3.45. The SMILES string of the molecule is CCC(C(=O)NC1CCCC1)N(Cc1cccc(C)c1)C(=O)CN(c1ccc(C)cc1)S(=O)(=O)c1ccc(Cl)cc1. The van der Waals surface area contributed by atoms with E-state index >= 15 is 0 Å². The van der Waals surface area contributed by atoms with Gasteiger partial charge in [0.05, 0.1) is 10.6 Å². The number of carbonyl (C=O) groups excluding carboxylic acids is 2. The lowest BCUT2D eigenvalue weighted by atomic mass is 10.1. The van der Waals surface area contributed by atoms with E-state index in [0.717, 1.165) is 46.7 Å². The largest absolute Gasteiger partial charge is 0.352 e. The van der Waals surface area contributed by atoms with Crippen molar-refractivity contribution >= 4 is 39.1 Å². The highest BCUT2D eigenvalue weighted by Gasteiger charge is 2.34. The van der Waals surface area contributed by atoms with E-state index in [1.54, 1.807) is 24.3 Å². The molecule has 3 aromatic rings. The molecule has 3 aromatic carbocycles. The lowest BCUT2D eigenvalue weighted by Gasteiger charge is -2.34. The Morgan fingerprint density at radius 1 is 0.951 bits per heavy atom. The van der Waals surface area contributed by atoms with Crippen molar-refractivity contribution in [2.45, 2.75) is 76.4 Å². The van der Waals surface area contributed by atoms with Gasteiger partial charge in [-0.3, -0.25) is 13.9 Å². The van der Waals surface area contributed by atoms with Crippen LogP contribution in [-0.2, 0) is 26.2 Å². The van der Waals surface area contributed by atoms with Crippen molar-refractivity contribution < 1.29 is 18.0 Å². The van der Waals surface area contributed by atoms with E-state index in [9.17, 15) is 18.0 Å². The van der Waals surface area contributed by atoms with Crippen LogP contribution in [0.1, 0.15) is 55.7 Å². The zero-order chi connectivity index (χ0) is 29.6. The number of anilines is 1. The van der Waals surface area contributed by atoms with Crippen molar-refractivity contribution in [3.63, 3.8) is 0 Å². The van der Waals surface area contributed by atoms with Crippen molar-refractivity contribution in [2.75, 3.05) is 10.8 Å². The van der Waals surface area contributed by atoms with Gasteiger partial charge in [-0.15, -0.1) is 0 Å². The molecule has 4 rings (SSSR count). The van der Waals surface area contributed by atoms with Crippen molar-refractivity contribution in [3.05, 3.63) is 94.5 Å². The second kappa shape index (κ2) is 13.5. The van der Waals surface area contributed by atoms with E-state index in [1.807, 2.05) is 45.0 Å². The number of rotatable bonds is 11. The normalized spacial score (nSPS) is 14.4. The summed E-state index contributed by atoms with van der Waals surface area (Å²) in [6.45, 7) is 5.47. The molecule has 218 valence electrons. The molecule has 1 atom stereocenters. The van der Waals surface area contributed by atoms with E-state index in [0.29, 0.717) is 17.1 Å². The Hall–Kier alpha value is -3.36. The number of amides is 2. The van der Waals surface area contributed by atoms with Gasteiger partial charge in [0.1, 0.15) is 12.6 Å². The van der Waals surface area contributed by atoms with Crippen LogP contribution in [0.5, 0.6) is 0 Å². The van der Waals surface area contributed by atoms with Crippen molar-refractivity contribution in [3.8, 4) is 0 Å². The number of aryl methyl sites for hydroxylation is 2. The monoisotopic (exact) mass is 595 g/mol. The van der Waals surface area contributed by atoms with Gasteiger partial charge < -0.3 is 10.2 Å². The number of halogens is 1. The molecule has 1 N–H and O–H groups in total. The molecule has 1 fully saturated rings. The standard InChI is InChI=1S/C32H38ClN3O4S/c1-4-30(32(38)34-27-10-5-6-11-27)35(21-25-9-7-8-24(3)20-25)31(37)22-36(28-16-12-23(2)13-17-28)41(39,40)29-18-14-26(33)15-19-29/h7-9,12-20,27,30H,4-6,10-11,21-22H2,1-3H3,(H,34,38). The molecule has 0 aromatic heterocycles. The molecule has 1 saturated carbocycles. The van der Waals surface area contributed by atoms with Gasteiger partial charge in [0, 0.05) is 17.6 Å². The number of nitrogens with one attached hydrogen (secondary N) is 1. The minimum atomic E-state index is -4.14.